The number of amides is 1. The third-order valence-corrected chi connectivity index (χ3v) is 14.4. The van der Waals surface area contributed by atoms with Crippen LogP contribution in [0.4, 0.5) is 22.4 Å². The number of aliphatic imine (C=N–C) groups is 2. The number of methoxy groups -OCH3 is 1. The van der Waals surface area contributed by atoms with Crippen LogP contribution in [0.25, 0.3) is 0 Å². The maximum absolute atomic E-state index is 16.7. The molecule has 0 aromatic carbocycles. The van der Waals surface area contributed by atoms with Crippen molar-refractivity contribution in [3.8, 4) is 0 Å². The van der Waals surface area contributed by atoms with Gasteiger partial charge in [-0.25, -0.2) is 9.18 Å². The van der Waals surface area contributed by atoms with E-state index in [9.17, 15) is 23.1 Å². The smallest absolute Gasteiger partial charge is 0.425 e. The normalized spacial score (nSPS) is 33.0. The molecular formula is C42H58F4N8O4S. The number of hydrogen-bond donors (Lipinski definition) is 6. The Bertz CT molecular complexity index is 1860. The number of hydrogen-bond acceptors (Lipinski definition) is 12. The average molecular weight is 847 g/mol. The summed E-state index contributed by atoms with van der Waals surface area (Å²) in [6, 6.07) is 2.32. The molecule has 12 atom stereocenters. The van der Waals surface area contributed by atoms with Crippen molar-refractivity contribution in [1.29, 1.82) is 0 Å². The zero-order chi connectivity index (χ0) is 41.6. The van der Waals surface area contributed by atoms with E-state index in [-0.39, 0.29) is 53.7 Å². The van der Waals surface area contributed by atoms with Gasteiger partial charge in [0, 0.05) is 29.5 Å². The second-order valence-electron chi connectivity index (χ2n) is 17.5. The molecule has 0 spiro atoms. The van der Waals surface area contributed by atoms with Gasteiger partial charge in [0.15, 0.2) is 6.23 Å². The number of carbonyl (C=O) groups is 1. The van der Waals surface area contributed by atoms with Crippen molar-refractivity contribution in [2.45, 2.75) is 121 Å². The predicted octanol–water partition coefficient (Wildman–Crippen LogP) is 5.76. The summed E-state index contributed by atoms with van der Waals surface area (Å²) in [6.45, 7) is 8.58. The highest BCUT2D eigenvalue weighted by Gasteiger charge is 2.53. The molecule has 0 saturated carbocycles. The summed E-state index contributed by atoms with van der Waals surface area (Å²) in [5.74, 6) is 0.892. The summed E-state index contributed by atoms with van der Waals surface area (Å²) in [5.41, 5.74) is 2.10. The average Bonchev–Trinajstić information content (AvgIpc) is 4.06. The lowest BCUT2D eigenvalue weighted by Gasteiger charge is -2.50. The van der Waals surface area contributed by atoms with Gasteiger partial charge in [0.2, 0.25) is 0 Å². The van der Waals surface area contributed by atoms with Gasteiger partial charge in [0.1, 0.15) is 22.8 Å². The Hall–Kier alpha value is -3.51. The van der Waals surface area contributed by atoms with Gasteiger partial charge in [-0.3, -0.25) is 15.3 Å². The standard InChI is InChI=1S/C42H58F4N8O4S/c1-21(2)36(53-41(56)57-4)39(55)48-14-5-7-22(3)37-49-20-29(51-37)24-16-26(43)35-31-17-25-15-23(28-19-50-38(52-28)27-8-6-13-47-27)9-10-30(25)54(31)40(58-32(35)18-24)33-11-12-34(59-33)42(44,45)46/h9,11-12,16-17,21-22,24-25,27-30,32,35-36,39-40,47-48,55H,5-8,10,13-15,18-20H2,1-4H3,(H,49,51)(H,50,52)(H,53,56)/t22-,24+,25-,27-,28-,29+,30-,32?,35+,36-,39-,40?/m0/s1. The van der Waals surface area contributed by atoms with Crippen LogP contribution in [-0.2, 0) is 15.7 Å². The van der Waals surface area contributed by atoms with Gasteiger partial charge in [-0.15, -0.1) is 11.3 Å². The van der Waals surface area contributed by atoms with E-state index >= 15 is 4.39 Å². The second kappa shape index (κ2) is 17.5. The molecule has 324 valence electrons. The molecule has 2 aliphatic carbocycles. The SMILES string of the molecule is COC(=O)N[C@@H](C(C)C)[C@H](O)NCCC[C@H](C)C1=NC[C@H]([C@@H]2C=C(F)[C@@H]3C4=C[C@@H]5CC([C@@H]6CN=C([C@@H]7CCCN7)N6)=CC[C@@H]5N4C(c4ccc(C(F)(F)F)s4)OC3C2)N1. The first kappa shape index (κ1) is 42.2. The second-order valence-corrected chi connectivity index (χ2v) is 18.6. The molecule has 12 nitrogen and oxygen atoms in total. The zero-order valence-electron chi connectivity index (χ0n) is 34.1. The van der Waals surface area contributed by atoms with Crippen LogP contribution in [0.2, 0.25) is 0 Å². The molecular weight excluding hydrogens is 789 g/mol. The molecule has 0 radical (unpaired) electrons. The molecule has 1 aromatic heterocycles. The van der Waals surface area contributed by atoms with E-state index < -0.39 is 47.7 Å². The number of aliphatic hydroxyl groups excluding tert-OH is 1. The zero-order valence-corrected chi connectivity index (χ0v) is 34.9. The number of nitrogens with one attached hydrogen (secondary N) is 5. The molecule has 1 aromatic rings. The van der Waals surface area contributed by atoms with Crippen molar-refractivity contribution in [3.63, 3.8) is 0 Å². The fourth-order valence-electron chi connectivity index (χ4n) is 10.1. The molecule has 6 heterocycles. The Kier molecular flexibility index (Phi) is 12.5. The molecule has 17 heteroatoms. The number of aliphatic hydroxyl groups is 1. The summed E-state index contributed by atoms with van der Waals surface area (Å²) in [5, 5.41) is 27.2. The first-order valence-corrected chi connectivity index (χ1v) is 22.1. The summed E-state index contributed by atoms with van der Waals surface area (Å²) >= 11 is 0.708. The third-order valence-electron chi connectivity index (χ3n) is 13.3. The van der Waals surface area contributed by atoms with Crippen LogP contribution in [-0.4, -0.2) is 104 Å². The van der Waals surface area contributed by atoms with Crippen molar-refractivity contribution >= 4 is 29.1 Å². The van der Waals surface area contributed by atoms with Gasteiger partial charge >= 0.3 is 12.3 Å². The highest BCUT2D eigenvalue weighted by atomic mass is 32.1. The van der Waals surface area contributed by atoms with E-state index in [0.717, 1.165) is 62.1 Å². The Balaban J connectivity index is 0.927. The molecule has 0 bridgehead atoms. The third kappa shape index (κ3) is 8.82. The molecule has 7 aliphatic rings. The quantitative estimate of drug-likeness (QED) is 0.0633. The van der Waals surface area contributed by atoms with Gasteiger partial charge in [0.05, 0.1) is 67.1 Å². The minimum Gasteiger partial charge on any atom is -0.453 e. The number of alkyl halides is 3. The van der Waals surface area contributed by atoms with Crippen LogP contribution in [0.5, 0.6) is 0 Å². The lowest BCUT2D eigenvalue weighted by molar-refractivity contribution is -0.159. The summed E-state index contributed by atoms with van der Waals surface area (Å²) in [4.78, 5) is 23.3. The molecule has 2 unspecified atom stereocenters. The maximum atomic E-state index is 16.7. The van der Waals surface area contributed by atoms with Crippen LogP contribution in [0.15, 0.2) is 57.4 Å². The van der Waals surface area contributed by atoms with Crippen LogP contribution in [0.1, 0.15) is 81.7 Å². The van der Waals surface area contributed by atoms with E-state index in [1.807, 2.05) is 13.8 Å². The van der Waals surface area contributed by atoms with Crippen molar-refractivity contribution in [2.24, 2.45) is 39.6 Å². The van der Waals surface area contributed by atoms with Gasteiger partial charge in [0.25, 0.3) is 0 Å². The number of fused-ring (bicyclic) bond motifs is 5. The van der Waals surface area contributed by atoms with E-state index in [0.29, 0.717) is 48.7 Å². The van der Waals surface area contributed by atoms with Gasteiger partial charge < -0.3 is 40.7 Å². The van der Waals surface area contributed by atoms with Crippen LogP contribution >= 0.6 is 11.3 Å². The van der Waals surface area contributed by atoms with E-state index in [4.69, 9.17) is 19.5 Å². The fourth-order valence-corrected chi connectivity index (χ4v) is 11.0. The molecule has 2 saturated heterocycles. The first-order chi connectivity index (χ1) is 28.3. The van der Waals surface area contributed by atoms with Gasteiger partial charge in [-0.1, -0.05) is 32.9 Å². The number of carbonyl (C=O) groups excluding carboxylic acids is 1. The molecule has 1 amide bonds. The predicted molar refractivity (Wildman–Crippen MR) is 218 cm³/mol. The highest BCUT2D eigenvalue weighted by Crippen LogP contribution is 2.55. The number of alkyl carbamates (subject to hydrolysis) is 1. The Labute approximate surface area is 347 Å². The highest BCUT2D eigenvalue weighted by molar-refractivity contribution is 7.12. The van der Waals surface area contributed by atoms with Crippen LogP contribution < -0.4 is 26.6 Å². The van der Waals surface area contributed by atoms with Crippen molar-refractivity contribution in [3.05, 3.63) is 57.2 Å². The molecule has 5 aliphatic heterocycles. The summed E-state index contributed by atoms with van der Waals surface area (Å²) in [7, 11) is 1.28. The van der Waals surface area contributed by atoms with E-state index in [1.54, 1.807) is 6.08 Å². The van der Waals surface area contributed by atoms with Crippen molar-refractivity contribution < 1.29 is 36.9 Å². The molecule has 6 N–H and O–H groups in total. The number of amidine groups is 2. The fraction of sp³-hybridized carbons (Fsp3) is 0.690. The maximum Gasteiger partial charge on any atom is 0.425 e. The van der Waals surface area contributed by atoms with Crippen LogP contribution in [0, 0.1) is 29.6 Å². The van der Waals surface area contributed by atoms with Crippen molar-refractivity contribution in [1.82, 2.24) is 31.5 Å². The molecule has 8 rings (SSSR count). The number of halogens is 4. The molecule has 59 heavy (non-hydrogen) atoms. The van der Waals surface area contributed by atoms with E-state index in [2.05, 4.69) is 50.6 Å². The first-order valence-electron chi connectivity index (χ1n) is 21.3. The van der Waals surface area contributed by atoms with Gasteiger partial charge in [-0.2, -0.15) is 13.2 Å². The Morgan fingerprint density at radius 1 is 1.14 bits per heavy atom. The number of nitrogens with zero attached hydrogens (tertiary/aromatic N) is 3. The Morgan fingerprint density at radius 3 is 2.69 bits per heavy atom. The minimum absolute atomic E-state index is 0.0207. The van der Waals surface area contributed by atoms with E-state index in [1.165, 1.54) is 18.7 Å². The van der Waals surface area contributed by atoms with Crippen LogP contribution in [0.3, 0.4) is 0 Å². The topological polar surface area (TPSA) is 144 Å². The Morgan fingerprint density at radius 2 is 1.97 bits per heavy atom. The largest absolute Gasteiger partial charge is 0.453 e. The summed E-state index contributed by atoms with van der Waals surface area (Å²) < 4.78 is 69.8. The minimum atomic E-state index is -4.47. The lowest BCUT2D eigenvalue weighted by atomic mass is 9.78. The number of thiophene rings is 1. The monoisotopic (exact) mass is 846 g/mol. The van der Waals surface area contributed by atoms with Crippen molar-refractivity contribution in [2.75, 3.05) is 33.3 Å². The van der Waals surface area contributed by atoms with Gasteiger partial charge in [-0.05, 0) is 87.7 Å². The molecule has 2 fully saturated rings. The number of ether oxygens (including phenoxy) is 2. The lowest BCUT2D eigenvalue weighted by Crippen LogP contribution is -2.53. The number of rotatable bonds is 13. The summed E-state index contributed by atoms with van der Waals surface area (Å²) in [6.07, 6.45) is 4.54.